The van der Waals surface area contributed by atoms with Gasteiger partial charge in [0.15, 0.2) is 0 Å². The summed E-state index contributed by atoms with van der Waals surface area (Å²) in [4.78, 5) is 2.73. The van der Waals surface area contributed by atoms with Gasteiger partial charge in [0, 0.05) is 13.1 Å². The van der Waals surface area contributed by atoms with Gasteiger partial charge in [-0.1, -0.05) is 34.6 Å². The predicted molar refractivity (Wildman–Crippen MR) is 85.6 cm³/mol. The third-order valence-electron chi connectivity index (χ3n) is 5.07. The van der Waals surface area contributed by atoms with Crippen molar-refractivity contribution in [2.45, 2.75) is 60.3 Å². The number of nitrogens with zero attached hydrogens (tertiary/aromatic N) is 1. The Labute approximate surface area is 121 Å². The Hall–Kier alpha value is -0.0800. The highest BCUT2D eigenvalue weighted by Gasteiger charge is 2.27. The van der Waals surface area contributed by atoms with Crippen LogP contribution in [0.15, 0.2) is 0 Å². The standard InChI is InChI=1S/C17H36N2/c1-6-17(5,13-18-7-2)14-19-11-8-9-16(10-12-19)15(3)4/h15-16,18H,6-14H2,1-5H3. The van der Waals surface area contributed by atoms with Crippen molar-refractivity contribution in [3.05, 3.63) is 0 Å². The second-order valence-corrected chi connectivity index (χ2v) is 7.16. The van der Waals surface area contributed by atoms with E-state index in [2.05, 4.69) is 44.8 Å². The van der Waals surface area contributed by atoms with Crippen LogP contribution < -0.4 is 5.32 Å². The lowest BCUT2D eigenvalue weighted by Gasteiger charge is -2.35. The Balaban J connectivity index is 2.46. The van der Waals surface area contributed by atoms with Crippen LogP contribution in [-0.2, 0) is 0 Å². The Bertz CT molecular complexity index is 239. The fourth-order valence-corrected chi connectivity index (χ4v) is 3.27. The number of rotatable bonds is 7. The number of likely N-dealkylation sites (tertiary alicyclic amines) is 1. The van der Waals surface area contributed by atoms with Gasteiger partial charge < -0.3 is 10.2 Å². The zero-order valence-corrected chi connectivity index (χ0v) is 14.0. The quantitative estimate of drug-likeness (QED) is 0.756. The van der Waals surface area contributed by atoms with Crippen molar-refractivity contribution in [3.63, 3.8) is 0 Å². The molecular formula is C17H36N2. The number of hydrogen-bond donors (Lipinski definition) is 1. The Morgan fingerprint density at radius 3 is 2.53 bits per heavy atom. The molecule has 0 aromatic rings. The summed E-state index contributed by atoms with van der Waals surface area (Å²) in [5.74, 6) is 1.81. The summed E-state index contributed by atoms with van der Waals surface area (Å²) < 4.78 is 0. The molecule has 1 aliphatic rings. The summed E-state index contributed by atoms with van der Waals surface area (Å²) in [6.07, 6.45) is 5.50. The van der Waals surface area contributed by atoms with Gasteiger partial charge in [0.05, 0.1) is 0 Å². The van der Waals surface area contributed by atoms with Crippen LogP contribution in [0, 0.1) is 17.3 Å². The molecule has 19 heavy (non-hydrogen) atoms. The van der Waals surface area contributed by atoms with Crippen molar-refractivity contribution < 1.29 is 0 Å². The first-order chi connectivity index (χ1) is 9.00. The van der Waals surface area contributed by atoms with Crippen LogP contribution in [0.2, 0.25) is 0 Å². The molecule has 1 saturated heterocycles. The van der Waals surface area contributed by atoms with Gasteiger partial charge in [0.2, 0.25) is 0 Å². The second kappa shape index (κ2) is 8.26. The molecule has 2 atom stereocenters. The molecule has 0 aromatic heterocycles. The molecule has 2 nitrogen and oxygen atoms in total. The van der Waals surface area contributed by atoms with E-state index in [9.17, 15) is 0 Å². The highest BCUT2D eigenvalue weighted by atomic mass is 15.1. The maximum Gasteiger partial charge on any atom is 0.00474 e. The second-order valence-electron chi connectivity index (χ2n) is 7.16. The molecular weight excluding hydrogens is 232 g/mol. The van der Waals surface area contributed by atoms with E-state index in [1.54, 1.807) is 0 Å². The van der Waals surface area contributed by atoms with Gasteiger partial charge in [-0.2, -0.15) is 0 Å². The van der Waals surface area contributed by atoms with E-state index in [-0.39, 0.29) is 0 Å². The molecule has 1 N–H and O–H groups in total. The van der Waals surface area contributed by atoms with Gasteiger partial charge in [0.25, 0.3) is 0 Å². The molecule has 0 aromatic carbocycles. The zero-order valence-electron chi connectivity index (χ0n) is 14.0. The van der Waals surface area contributed by atoms with E-state index in [4.69, 9.17) is 0 Å². The molecule has 0 spiro atoms. The average molecular weight is 268 g/mol. The van der Waals surface area contributed by atoms with Gasteiger partial charge in [-0.3, -0.25) is 0 Å². The minimum absolute atomic E-state index is 0.438. The first kappa shape index (κ1) is 17.0. The first-order valence-electron chi connectivity index (χ1n) is 8.44. The summed E-state index contributed by atoms with van der Waals surface area (Å²) in [5.41, 5.74) is 0.438. The van der Waals surface area contributed by atoms with Gasteiger partial charge >= 0.3 is 0 Å². The summed E-state index contributed by atoms with van der Waals surface area (Å²) in [6.45, 7) is 17.9. The van der Waals surface area contributed by atoms with Gasteiger partial charge in [-0.05, 0) is 62.6 Å². The van der Waals surface area contributed by atoms with Crippen molar-refractivity contribution in [2.75, 3.05) is 32.7 Å². The molecule has 0 bridgehead atoms. The zero-order chi connectivity index (χ0) is 14.3. The predicted octanol–water partition coefficient (Wildman–Crippen LogP) is 3.77. The first-order valence-corrected chi connectivity index (χ1v) is 8.44. The van der Waals surface area contributed by atoms with Crippen LogP contribution in [-0.4, -0.2) is 37.6 Å². The summed E-state index contributed by atoms with van der Waals surface area (Å²) >= 11 is 0. The maximum atomic E-state index is 3.55. The number of nitrogens with one attached hydrogen (secondary N) is 1. The highest BCUT2D eigenvalue weighted by molar-refractivity contribution is 4.81. The van der Waals surface area contributed by atoms with Crippen LogP contribution in [0.5, 0.6) is 0 Å². The average Bonchev–Trinajstić information content (AvgIpc) is 2.62. The van der Waals surface area contributed by atoms with Crippen LogP contribution >= 0.6 is 0 Å². The Kier molecular flexibility index (Phi) is 7.38. The van der Waals surface area contributed by atoms with Crippen molar-refractivity contribution in [1.29, 1.82) is 0 Å². The lowest BCUT2D eigenvalue weighted by molar-refractivity contribution is 0.157. The highest BCUT2D eigenvalue weighted by Crippen LogP contribution is 2.27. The molecule has 2 unspecified atom stereocenters. The fraction of sp³-hybridized carbons (Fsp3) is 1.00. The molecule has 1 fully saturated rings. The SMILES string of the molecule is CCNCC(C)(CC)CN1CCCC(C(C)C)CC1. The lowest BCUT2D eigenvalue weighted by atomic mass is 9.86. The Morgan fingerprint density at radius 2 is 1.95 bits per heavy atom. The molecule has 0 saturated carbocycles. The monoisotopic (exact) mass is 268 g/mol. The number of hydrogen-bond acceptors (Lipinski definition) is 2. The largest absolute Gasteiger partial charge is 0.316 e. The topological polar surface area (TPSA) is 15.3 Å². The minimum atomic E-state index is 0.438. The van der Waals surface area contributed by atoms with Gasteiger partial charge in [0.1, 0.15) is 0 Å². The van der Waals surface area contributed by atoms with Crippen LogP contribution in [0.3, 0.4) is 0 Å². The van der Waals surface area contributed by atoms with Crippen molar-refractivity contribution in [1.82, 2.24) is 10.2 Å². The van der Waals surface area contributed by atoms with E-state index < -0.39 is 0 Å². The van der Waals surface area contributed by atoms with E-state index in [1.807, 2.05) is 0 Å². The van der Waals surface area contributed by atoms with Crippen molar-refractivity contribution in [2.24, 2.45) is 17.3 Å². The molecule has 0 radical (unpaired) electrons. The third kappa shape index (κ3) is 5.83. The van der Waals surface area contributed by atoms with Crippen LogP contribution in [0.4, 0.5) is 0 Å². The summed E-state index contributed by atoms with van der Waals surface area (Å²) in [7, 11) is 0. The lowest BCUT2D eigenvalue weighted by Crippen LogP contribution is -2.42. The summed E-state index contributed by atoms with van der Waals surface area (Å²) in [5, 5.41) is 3.55. The van der Waals surface area contributed by atoms with Crippen molar-refractivity contribution >= 4 is 0 Å². The minimum Gasteiger partial charge on any atom is -0.316 e. The normalized spacial score (nSPS) is 25.3. The fourth-order valence-electron chi connectivity index (χ4n) is 3.27. The molecule has 0 aliphatic carbocycles. The van der Waals surface area contributed by atoms with E-state index in [0.29, 0.717) is 5.41 Å². The van der Waals surface area contributed by atoms with E-state index >= 15 is 0 Å². The molecule has 1 aliphatic heterocycles. The molecule has 1 heterocycles. The molecule has 1 rings (SSSR count). The molecule has 114 valence electrons. The van der Waals surface area contributed by atoms with Crippen molar-refractivity contribution in [3.8, 4) is 0 Å². The van der Waals surface area contributed by atoms with Gasteiger partial charge in [-0.25, -0.2) is 0 Å². The Morgan fingerprint density at radius 1 is 1.21 bits per heavy atom. The maximum absolute atomic E-state index is 3.55. The van der Waals surface area contributed by atoms with Crippen LogP contribution in [0.1, 0.15) is 60.3 Å². The van der Waals surface area contributed by atoms with E-state index in [0.717, 1.165) is 24.9 Å². The summed E-state index contributed by atoms with van der Waals surface area (Å²) in [6, 6.07) is 0. The van der Waals surface area contributed by atoms with E-state index in [1.165, 1.54) is 45.3 Å². The third-order valence-corrected chi connectivity index (χ3v) is 5.07. The van der Waals surface area contributed by atoms with Crippen LogP contribution in [0.25, 0.3) is 0 Å². The smallest absolute Gasteiger partial charge is 0.00474 e. The van der Waals surface area contributed by atoms with Gasteiger partial charge in [-0.15, -0.1) is 0 Å². The molecule has 0 amide bonds. The molecule has 2 heteroatoms.